The lowest BCUT2D eigenvalue weighted by Gasteiger charge is -1.78. The molecule has 0 saturated heterocycles. The average Bonchev–Trinajstić information content (AvgIpc) is 2.58. The van der Waals surface area contributed by atoms with Gasteiger partial charge in [0.1, 0.15) is 5.01 Å². The first kappa shape index (κ1) is 7.75. The number of halogens is 1. The predicted octanol–water partition coefficient (Wildman–Crippen LogP) is 1.42. The normalized spacial score (nSPS) is 16.4. The number of nitrogens with two attached hydrogens (primary N) is 1. The lowest BCUT2D eigenvalue weighted by atomic mass is 10.5. The van der Waals surface area contributed by atoms with Crippen LogP contribution in [0.4, 0.5) is 5.13 Å². The molecule has 0 amide bonds. The molecule has 0 radical (unpaired) electrons. The van der Waals surface area contributed by atoms with Crippen molar-refractivity contribution in [3.63, 3.8) is 0 Å². The summed E-state index contributed by atoms with van der Waals surface area (Å²) >= 11 is 1.51. The molecule has 56 valence electrons. The molecule has 10 heavy (non-hydrogen) atoms. The molecule has 1 aliphatic carbocycles. The topological polar surface area (TPSA) is 51.8 Å². The maximum Gasteiger partial charge on any atom is 0.203 e. The van der Waals surface area contributed by atoms with Crippen LogP contribution >= 0.6 is 23.7 Å². The van der Waals surface area contributed by atoms with Gasteiger partial charge in [-0.1, -0.05) is 11.3 Å². The molecule has 1 aromatic heterocycles. The lowest BCUT2D eigenvalue weighted by Crippen LogP contribution is -1.80. The van der Waals surface area contributed by atoms with Crippen molar-refractivity contribution < 1.29 is 0 Å². The molecule has 1 aromatic rings. The van der Waals surface area contributed by atoms with Crippen molar-refractivity contribution in [2.75, 3.05) is 5.73 Å². The maximum absolute atomic E-state index is 5.39. The summed E-state index contributed by atoms with van der Waals surface area (Å²) in [5.41, 5.74) is 5.39. The second-order valence-electron chi connectivity index (χ2n) is 2.25. The minimum absolute atomic E-state index is 0. The van der Waals surface area contributed by atoms with E-state index in [0.717, 1.165) is 5.01 Å². The Labute approximate surface area is 69.1 Å². The van der Waals surface area contributed by atoms with E-state index in [0.29, 0.717) is 11.0 Å². The van der Waals surface area contributed by atoms with Crippen LogP contribution in [0.15, 0.2) is 0 Å². The van der Waals surface area contributed by atoms with Gasteiger partial charge in [-0.2, -0.15) is 0 Å². The van der Waals surface area contributed by atoms with E-state index in [2.05, 4.69) is 10.2 Å². The van der Waals surface area contributed by atoms with E-state index in [-0.39, 0.29) is 12.4 Å². The van der Waals surface area contributed by atoms with Gasteiger partial charge in [0.15, 0.2) is 0 Å². The fourth-order valence-corrected chi connectivity index (χ4v) is 1.52. The highest BCUT2D eigenvalue weighted by atomic mass is 35.5. The molecular weight excluding hydrogens is 170 g/mol. The second kappa shape index (κ2) is 2.72. The molecule has 1 saturated carbocycles. The van der Waals surface area contributed by atoms with Crippen molar-refractivity contribution in [2.24, 2.45) is 0 Å². The van der Waals surface area contributed by atoms with Gasteiger partial charge in [0.2, 0.25) is 5.13 Å². The van der Waals surface area contributed by atoms with Gasteiger partial charge in [0, 0.05) is 5.92 Å². The highest BCUT2D eigenvalue weighted by molar-refractivity contribution is 7.15. The van der Waals surface area contributed by atoms with Crippen LogP contribution in [0.2, 0.25) is 0 Å². The van der Waals surface area contributed by atoms with Crippen molar-refractivity contribution in [1.82, 2.24) is 10.2 Å². The predicted molar refractivity (Wildman–Crippen MR) is 43.5 cm³/mol. The summed E-state index contributed by atoms with van der Waals surface area (Å²) < 4.78 is 0. The Kier molecular flexibility index (Phi) is 2.11. The number of hydrogen-bond acceptors (Lipinski definition) is 4. The molecule has 1 heterocycles. The van der Waals surface area contributed by atoms with Crippen molar-refractivity contribution in [1.29, 1.82) is 0 Å². The summed E-state index contributed by atoms with van der Waals surface area (Å²) in [5.74, 6) is 0.694. The maximum atomic E-state index is 5.39. The van der Waals surface area contributed by atoms with Gasteiger partial charge in [-0.25, -0.2) is 0 Å². The van der Waals surface area contributed by atoms with Crippen LogP contribution in [0.5, 0.6) is 0 Å². The van der Waals surface area contributed by atoms with E-state index in [9.17, 15) is 0 Å². The molecule has 0 atom stereocenters. The summed E-state index contributed by atoms with van der Waals surface area (Å²) in [4.78, 5) is 0. The minimum Gasteiger partial charge on any atom is -0.374 e. The number of anilines is 1. The van der Waals surface area contributed by atoms with E-state index < -0.39 is 0 Å². The molecule has 5 heteroatoms. The molecular formula is C5H8ClN3S. The molecule has 0 aliphatic heterocycles. The van der Waals surface area contributed by atoms with Crippen LogP contribution in [-0.4, -0.2) is 10.2 Å². The zero-order valence-corrected chi connectivity index (χ0v) is 6.91. The summed E-state index contributed by atoms with van der Waals surface area (Å²) in [6, 6.07) is 0. The first-order valence-corrected chi connectivity index (χ1v) is 3.77. The molecule has 0 spiro atoms. The molecule has 1 fully saturated rings. The summed E-state index contributed by atoms with van der Waals surface area (Å²) in [7, 11) is 0. The molecule has 3 nitrogen and oxygen atoms in total. The van der Waals surface area contributed by atoms with Gasteiger partial charge in [0.25, 0.3) is 0 Å². The third-order valence-electron chi connectivity index (χ3n) is 1.38. The van der Waals surface area contributed by atoms with E-state index >= 15 is 0 Å². The van der Waals surface area contributed by atoms with Crippen molar-refractivity contribution in [2.45, 2.75) is 18.8 Å². The number of hydrogen-bond donors (Lipinski definition) is 1. The number of rotatable bonds is 1. The van der Waals surface area contributed by atoms with Gasteiger partial charge in [-0.05, 0) is 12.8 Å². The van der Waals surface area contributed by atoms with Gasteiger partial charge < -0.3 is 5.73 Å². The van der Waals surface area contributed by atoms with Crippen LogP contribution in [0.25, 0.3) is 0 Å². The standard InChI is InChI=1S/C5H7N3S.ClH/c6-5-8-7-4(9-5)3-1-2-3;/h3H,1-2H2,(H2,6,8);1H. The monoisotopic (exact) mass is 177 g/mol. The Morgan fingerprint density at radius 1 is 1.40 bits per heavy atom. The Morgan fingerprint density at radius 2 is 2.10 bits per heavy atom. The van der Waals surface area contributed by atoms with Crippen LogP contribution in [0.1, 0.15) is 23.8 Å². The highest BCUT2D eigenvalue weighted by Crippen LogP contribution is 2.41. The Morgan fingerprint density at radius 3 is 2.50 bits per heavy atom. The largest absolute Gasteiger partial charge is 0.374 e. The summed E-state index contributed by atoms with van der Waals surface area (Å²) in [6.45, 7) is 0. The van der Waals surface area contributed by atoms with E-state index in [1.807, 2.05) is 0 Å². The second-order valence-corrected chi connectivity index (χ2v) is 3.29. The van der Waals surface area contributed by atoms with Crippen LogP contribution in [0.3, 0.4) is 0 Å². The fourth-order valence-electron chi connectivity index (χ4n) is 0.742. The van der Waals surface area contributed by atoms with Crippen molar-refractivity contribution in [3.8, 4) is 0 Å². The van der Waals surface area contributed by atoms with Crippen molar-refractivity contribution >= 4 is 28.9 Å². The quantitative estimate of drug-likeness (QED) is 0.706. The van der Waals surface area contributed by atoms with Gasteiger partial charge in [-0.15, -0.1) is 22.6 Å². The molecule has 2 N–H and O–H groups in total. The molecule has 1 aliphatic rings. The SMILES string of the molecule is Cl.Nc1nnc(C2CC2)s1. The highest BCUT2D eigenvalue weighted by Gasteiger charge is 2.26. The van der Waals surface area contributed by atoms with Gasteiger partial charge >= 0.3 is 0 Å². The fraction of sp³-hybridized carbons (Fsp3) is 0.600. The van der Waals surface area contributed by atoms with Crippen molar-refractivity contribution in [3.05, 3.63) is 5.01 Å². The van der Waals surface area contributed by atoms with Crippen LogP contribution in [-0.2, 0) is 0 Å². The lowest BCUT2D eigenvalue weighted by molar-refractivity contribution is 0.979. The average molecular weight is 178 g/mol. The molecule has 2 rings (SSSR count). The Hall–Kier alpha value is -0.350. The smallest absolute Gasteiger partial charge is 0.203 e. The summed E-state index contributed by atoms with van der Waals surface area (Å²) in [5, 5.41) is 9.36. The van der Waals surface area contributed by atoms with Crippen LogP contribution < -0.4 is 5.73 Å². The number of aromatic nitrogens is 2. The number of nitrogens with zero attached hydrogens (tertiary/aromatic N) is 2. The third kappa shape index (κ3) is 1.38. The van der Waals surface area contributed by atoms with Gasteiger partial charge in [-0.3, -0.25) is 0 Å². The first-order chi connectivity index (χ1) is 4.36. The Balaban J connectivity index is 0.000000500. The van der Waals surface area contributed by atoms with Crippen LogP contribution in [0, 0.1) is 0 Å². The van der Waals surface area contributed by atoms with Gasteiger partial charge in [0.05, 0.1) is 0 Å². The van der Waals surface area contributed by atoms with E-state index in [1.165, 1.54) is 24.2 Å². The molecule has 0 unspecified atom stereocenters. The number of nitrogen functional groups attached to an aromatic ring is 1. The third-order valence-corrected chi connectivity index (χ3v) is 2.30. The molecule has 0 bridgehead atoms. The van der Waals surface area contributed by atoms with E-state index in [1.54, 1.807) is 0 Å². The van der Waals surface area contributed by atoms with E-state index in [4.69, 9.17) is 5.73 Å². The zero-order chi connectivity index (χ0) is 6.27. The molecule has 0 aromatic carbocycles. The minimum atomic E-state index is 0. The zero-order valence-electron chi connectivity index (χ0n) is 5.28. The summed E-state index contributed by atoms with van der Waals surface area (Å²) in [6.07, 6.45) is 2.54. The first-order valence-electron chi connectivity index (χ1n) is 2.95. The Bertz CT molecular complexity index is 220.